The molecule has 1 aromatic carbocycles. The van der Waals surface area contributed by atoms with Crippen molar-refractivity contribution >= 4 is 17.4 Å². The van der Waals surface area contributed by atoms with E-state index in [-0.39, 0.29) is 0 Å². The number of nitrogens with zero attached hydrogens (tertiary/aromatic N) is 1. The lowest BCUT2D eigenvalue weighted by atomic mass is 10.0. The number of aliphatic hydroxyl groups excluding tert-OH is 1. The molecule has 1 aromatic heterocycles. The standard InChI is InChI=1S/C14H15ClN2O2/c1-19-13-8-10(15)4-5-11(13)12(18)7-9-3-2-6-17-14(9)16/h2-6,8,12,18H,7H2,1H3,(H2,16,17). The highest BCUT2D eigenvalue weighted by Gasteiger charge is 2.15. The van der Waals surface area contributed by atoms with Crippen LogP contribution in [-0.4, -0.2) is 17.2 Å². The van der Waals surface area contributed by atoms with Crippen LogP contribution in [0.4, 0.5) is 5.82 Å². The van der Waals surface area contributed by atoms with Gasteiger partial charge >= 0.3 is 0 Å². The number of ether oxygens (including phenoxy) is 1. The van der Waals surface area contributed by atoms with Crippen molar-refractivity contribution in [1.29, 1.82) is 0 Å². The van der Waals surface area contributed by atoms with Gasteiger partial charge in [-0.2, -0.15) is 0 Å². The fourth-order valence-electron chi connectivity index (χ4n) is 1.90. The zero-order valence-electron chi connectivity index (χ0n) is 10.5. The number of hydrogen-bond acceptors (Lipinski definition) is 4. The second kappa shape index (κ2) is 5.91. The summed E-state index contributed by atoms with van der Waals surface area (Å²) in [6, 6.07) is 8.77. The summed E-state index contributed by atoms with van der Waals surface area (Å²) in [6.07, 6.45) is 1.27. The minimum atomic E-state index is -0.723. The van der Waals surface area contributed by atoms with Crippen LogP contribution in [0, 0.1) is 0 Å². The van der Waals surface area contributed by atoms with E-state index in [0.29, 0.717) is 28.6 Å². The van der Waals surface area contributed by atoms with Gasteiger partial charge in [-0.3, -0.25) is 0 Å². The molecule has 1 unspecified atom stereocenters. The van der Waals surface area contributed by atoms with Gasteiger partial charge in [-0.15, -0.1) is 0 Å². The van der Waals surface area contributed by atoms with Crippen molar-refractivity contribution in [3.63, 3.8) is 0 Å². The van der Waals surface area contributed by atoms with Crippen LogP contribution in [0.1, 0.15) is 17.2 Å². The minimum Gasteiger partial charge on any atom is -0.496 e. The molecular formula is C14H15ClN2O2. The summed E-state index contributed by atoms with van der Waals surface area (Å²) in [5.41, 5.74) is 7.24. The number of rotatable bonds is 4. The molecule has 2 aromatic rings. The predicted octanol–water partition coefficient (Wildman–Crippen LogP) is 2.60. The predicted molar refractivity (Wildman–Crippen MR) is 75.3 cm³/mol. The first-order valence-corrected chi connectivity index (χ1v) is 6.20. The number of anilines is 1. The number of nitrogens with two attached hydrogens (primary N) is 1. The van der Waals surface area contributed by atoms with Crippen LogP contribution < -0.4 is 10.5 Å². The molecule has 100 valence electrons. The highest BCUT2D eigenvalue weighted by Crippen LogP contribution is 2.30. The number of benzene rings is 1. The van der Waals surface area contributed by atoms with Crippen LogP contribution in [0.15, 0.2) is 36.5 Å². The van der Waals surface area contributed by atoms with E-state index in [4.69, 9.17) is 22.1 Å². The third kappa shape index (κ3) is 3.16. The van der Waals surface area contributed by atoms with Crippen molar-refractivity contribution in [3.8, 4) is 5.75 Å². The zero-order chi connectivity index (χ0) is 13.8. The van der Waals surface area contributed by atoms with E-state index in [1.807, 2.05) is 6.07 Å². The van der Waals surface area contributed by atoms with Crippen LogP contribution in [0.5, 0.6) is 5.75 Å². The van der Waals surface area contributed by atoms with Gasteiger partial charge in [-0.1, -0.05) is 23.7 Å². The van der Waals surface area contributed by atoms with Gasteiger partial charge in [0.1, 0.15) is 11.6 Å². The molecule has 0 aliphatic heterocycles. The van der Waals surface area contributed by atoms with Gasteiger partial charge in [-0.05, 0) is 23.8 Å². The Hall–Kier alpha value is -1.78. The van der Waals surface area contributed by atoms with Gasteiger partial charge in [0.15, 0.2) is 0 Å². The molecule has 19 heavy (non-hydrogen) atoms. The molecule has 0 fully saturated rings. The van der Waals surface area contributed by atoms with Crippen molar-refractivity contribution in [2.45, 2.75) is 12.5 Å². The molecule has 3 N–H and O–H groups in total. The lowest BCUT2D eigenvalue weighted by Gasteiger charge is -2.15. The number of aromatic nitrogens is 1. The van der Waals surface area contributed by atoms with Crippen LogP contribution in [0.25, 0.3) is 0 Å². The first-order chi connectivity index (χ1) is 9.11. The fourth-order valence-corrected chi connectivity index (χ4v) is 2.06. The number of pyridine rings is 1. The van der Waals surface area contributed by atoms with Crippen LogP contribution >= 0.6 is 11.6 Å². The van der Waals surface area contributed by atoms with Crippen molar-refractivity contribution in [2.24, 2.45) is 0 Å². The third-order valence-corrected chi connectivity index (χ3v) is 3.13. The van der Waals surface area contributed by atoms with E-state index in [1.54, 1.807) is 37.6 Å². The lowest BCUT2D eigenvalue weighted by Crippen LogP contribution is -2.06. The smallest absolute Gasteiger partial charge is 0.126 e. The maximum absolute atomic E-state index is 10.3. The molecule has 0 amide bonds. The molecule has 0 saturated carbocycles. The first kappa shape index (κ1) is 13.6. The highest BCUT2D eigenvalue weighted by atomic mass is 35.5. The summed E-state index contributed by atoms with van der Waals surface area (Å²) in [7, 11) is 1.54. The Bertz CT molecular complexity index is 575. The third-order valence-electron chi connectivity index (χ3n) is 2.89. The van der Waals surface area contributed by atoms with Gasteiger partial charge in [-0.25, -0.2) is 4.98 Å². The van der Waals surface area contributed by atoms with Crippen LogP contribution in [0.3, 0.4) is 0 Å². The number of methoxy groups -OCH3 is 1. The Labute approximate surface area is 116 Å². The Kier molecular flexibility index (Phi) is 4.24. The second-order valence-electron chi connectivity index (χ2n) is 4.15. The van der Waals surface area contributed by atoms with E-state index in [2.05, 4.69) is 4.98 Å². The molecule has 0 spiro atoms. The topological polar surface area (TPSA) is 68.4 Å². The molecule has 0 radical (unpaired) electrons. The molecule has 4 nitrogen and oxygen atoms in total. The molecule has 2 rings (SSSR count). The van der Waals surface area contributed by atoms with Gasteiger partial charge in [0.25, 0.3) is 0 Å². The summed E-state index contributed by atoms with van der Waals surface area (Å²) < 4.78 is 5.22. The molecule has 5 heteroatoms. The van der Waals surface area contributed by atoms with Crippen molar-refractivity contribution in [1.82, 2.24) is 4.98 Å². The Morgan fingerprint density at radius 2 is 2.21 bits per heavy atom. The van der Waals surface area contributed by atoms with Crippen molar-refractivity contribution in [2.75, 3.05) is 12.8 Å². The molecule has 0 aliphatic carbocycles. The first-order valence-electron chi connectivity index (χ1n) is 5.82. The highest BCUT2D eigenvalue weighted by molar-refractivity contribution is 6.30. The molecule has 0 aliphatic rings. The molecular weight excluding hydrogens is 264 g/mol. The van der Waals surface area contributed by atoms with Crippen molar-refractivity contribution in [3.05, 3.63) is 52.7 Å². The van der Waals surface area contributed by atoms with E-state index in [1.165, 1.54) is 0 Å². The van der Waals surface area contributed by atoms with Gasteiger partial charge < -0.3 is 15.6 Å². The Balaban J connectivity index is 2.25. The quantitative estimate of drug-likeness (QED) is 0.902. The molecule has 1 heterocycles. The number of nitrogen functional groups attached to an aromatic ring is 1. The normalized spacial score (nSPS) is 12.2. The average molecular weight is 279 g/mol. The van der Waals surface area contributed by atoms with E-state index in [0.717, 1.165) is 5.56 Å². The molecule has 0 saturated heterocycles. The van der Waals surface area contributed by atoms with E-state index >= 15 is 0 Å². The average Bonchev–Trinajstić information content (AvgIpc) is 2.41. The van der Waals surface area contributed by atoms with Crippen LogP contribution in [0.2, 0.25) is 5.02 Å². The largest absolute Gasteiger partial charge is 0.496 e. The molecule has 1 atom stereocenters. The zero-order valence-corrected chi connectivity index (χ0v) is 11.3. The lowest BCUT2D eigenvalue weighted by molar-refractivity contribution is 0.174. The fraction of sp³-hybridized carbons (Fsp3) is 0.214. The number of halogens is 1. The van der Waals surface area contributed by atoms with Crippen LogP contribution in [-0.2, 0) is 6.42 Å². The summed E-state index contributed by atoms with van der Waals surface area (Å²) in [6.45, 7) is 0. The summed E-state index contributed by atoms with van der Waals surface area (Å²) in [5.74, 6) is 0.983. The van der Waals surface area contributed by atoms with E-state index in [9.17, 15) is 5.11 Å². The Morgan fingerprint density at radius 1 is 1.42 bits per heavy atom. The maximum Gasteiger partial charge on any atom is 0.126 e. The SMILES string of the molecule is COc1cc(Cl)ccc1C(O)Cc1cccnc1N. The number of hydrogen-bond donors (Lipinski definition) is 2. The minimum absolute atomic E-state index is 0.373. The summed E-state index contributed by atoms with van der Waals surface area (Å²) in [5, 5.41) is 10.9. The Morgan fingerprint density at radius 3 is 2.89 bits per heavy atom. The maximum atomic E-state index is 10.3. The number of aliphatic hydroxyl groups is 1. The van der Waals surface area contributed by atoms with Gasteiger partial charge in [0.05, 0.1) is 13.2 Å². The van der Waals surface area contributed by atoms with Gasteiger partial charge in [0, 0.05) is 23.2 Å². The second-order valence-corrected chi connectivity index (χ2v) is 4.59. The monoisotopic (exact) mass is 278 g/mol. The summed E-state index contributed by atoms with van der Waals surface area (Å²) in [4.78, 5) is 4.00. The van der Waals surface area contributed by atoms with Gasteiger partial charge in [0.2, 0.25) is 0 Å². The van der Waals surface area contributed by atoms with E-state index < -0.39 is 6.10 Å². The summed E-state index contributed by atoms with van der Waals surface area (Å²) >= 11 is 5.89. The van der Waals surface area contributed by atoms with Crippen molar-refractivity contribution < 1.29 is 9.84 Å². The molecule has 0 bridgehead atoms.